The third-order valence-corrected chi connectivity index (χ3v) is 5.43. The van der Waals surface area contributed by atoms with Crippen molar-refractivity contribution in [3.8, 4) is 0 Å². The Morgan fingerprint density at radius 1 is 1.08 bits per heavy atom. The van der Waals surface area contributed by atoms with Gasteiger partial charge in [0.25, 0.3) is 5.91 Å². The number of likely N-dealkylation sites (tertiary alicyclic amines) is 2. The van der Waals surface area contributed by atoms with E-state index in [1.165, 1.54) is 0 Å². The Morgan fingerprint density at radius 2 is 1.79 bits per heavy atom. The van der Waals surface area contributed by atoms with Crippen LogP contribution >= 0.6 is 0 Å². The van der Waals surface area contributed by atoms with Crippen LogP contribution in [0, 0.1) is 11.8 Å². The Hall–Kier alpha value is -2.30. The summed E-state index contributed by atoms with van der Waals surface area (Å²) >= 11 is 0. The first-order valence-electron chi connectivity index (χ1n) is 8.77. The van der Waals surface area contributed by atoms with E-state index in [2.05, 4.69) is 11.9 Å². The SMILES string of the molecule is CC1CCN(C(=O)C2CN(C(=O)c3c[nH]c4ccccc34)C2)CC1. The zero-order valence-electron chi connectivity index (χ0n) is 14.0. The molecule has 1 N–H and O–H groups in total. The van der Waals surface area contributed by atoms with E-state index in [1.807, 2.05) is 29.2 Å². The van der Waals surface area contributed by atoms with Gasteiger partial charge in [0, 0.05) is 43.3 Å². The molecule has 2 aliphatic rings. The van der Waals surface area contributed by atoms with E-state index < -0.39 is 0 Å². The van der Waals surface area contributed by atoms with Crippen LogP contribution in [-0.4, -0.2) is 52.8 Å². The molecule has 5 heteroatoms. The van der Waals surface area contributed by atoms with E-state index in [0.29, 0.717) is 18.7 Å². The monoisotopic (exact) mass is 325 g/mol. The van der Waals surface area contributed by atoms with Crippen LogP contribution in [0.25, 0.3) is 10.9 Å². The van der Waals surface area contributed by atoms with Gasteiger partial charge in [0.05, 0.1) is 11.5 Å². The highest BCUT2D eigenvalue weighted by molar-refractivity contribution is 6.07. The second-order valence-electron chi connectivity index (χ2n) is 7.16. The number of hydrogen-bond acceptors (Lipinski definition) is 2. The number of nitrogens with zero attached hydrogens (tertiary/aromatic N) is 2. The zero-order chi connectivity index (χ0) is 16.7. The van der Waals surface area contributed by atoms with E-state index in [1.54, 1.807) is 11.1 Å². The van der Waals surface area contributed by atoms with Crippen LogP contribution in [0.5, 0.6) is 0 Å². The summed E-state index contributed by atoms with van der Waals surface area (Å²) in [5, 5.41) is 0.947. The number of H-pyrrole nitrogens is 1. The zero-order valence-corrected chi connectivity index (χ0v) is 14.0. The standard InChI is InChI=1S/C19H23N3O2/c1-13-6-8-21(9-7-13)18(23)14-11-22(12-14)19(24)16-10-20-17-5-3-2-4-15(16)17/h2-5,10,13-14,20H,6-9,11-12H2,1H3. The van der Waals surface area contributed by atoms with Crippen molar-refractivity contribution < 1.29 is 9.59 Å². The van der Waals surface area contributed by atoms with Crippen molar-refractivity contribution in [2.75, 3.05) is 26.2 Å². The number of para-hydroxylation sites is 1. The molecule has 1 aromatic carbocycles. The molecule has 1 aromatic heterocycles. The summed E-state index contributed by atoms with van der Waals surface area (Å²) in [7, 11) is 0. The number of hydrogen-bond donors (Lipinski definition) is 1. The minimum atomic E-state index is -0.0208. The Labute approximate surface area is 141 Å². The Balaban J connectivity index is 1.38. The Kier molecular flexibility index (Phi) is 3.79. The summed E-state index contributed by atoms with van der Waals surface area (Å²) in [5.74, 6) is 0.941. The Morgan fingerprint density at radius 3 is 2.54 bits per heavy atom. The molecule has 0 bridgehead atoms. The summed E-state index contributed by atoms with van der Waals surface area (Å²) in [4.78, 5) is 32.1. The maximum atomic E-state index is 12.7. The van der Waals surface area contributed by atoms with Gasteiger partial charge in [0.15, 0.2) is 0 Å². The van der Waals surface area contributed by atoms with Gasteiger partial charge in [-0.2, -0.15) is 0 Å². The van der Waals surface area contributed by atoms with Crippen LogP contribution in [0.1, 0.15) is 30.1 Å². The molecule has 2 saturated heterocycles. The highest BCUT2D eigenvalue weighted by Gasteiger charge is 2.39. The number of amides is 2. The van der Waals surface area contributed by atoms with Gasteiger partial charge in [0.1, 0.15) is 0 Å². The number of piperidine rings is 1. The molecule has 2 amide bonds. The first kappa shape index (κ1) is 15.2. The third-order valence-electron chi connectivity index (χ3n) is 5.43. The molecule has 4 rings (SSSR count). The predicted molar refractivity (Wildman–Crippen MR) is 92.7 cm³/mol. The van der Waals surface area contributed by atoms with Crippen LogP contribution in [0.3, 0.4) is 0 Å². The van der Waals surface area contributed by atoms with Crippen LogP contribution < -0.4 is 0 Å². The van der Waals surface area contributed by atoms with E-state index >= 15 is 0 Å². The van der Waals surface area contributed by atoms with Gasteiger partial charge in [-0.3, -0.25) is 9.59 Å². The van der Waals surface area contributed by atoms with Crippen molar-refractivity contribution >= 4 is 22.7 Å². The van der Waals surface area contributed by atoms with Crippen molar-refractivity contribution in [1.29, 1.82) is 0 Å². The number of carbonyl (C=O) groups excluding carboxylic acids is 2. The fraction of sp³-hybridized carbons (Fsp3) is 0.474. The molecule has 2 aliphatic heterocycles. The van der Waals surface area contributed by atoms with Gasteiger partial charge in [0.2, 0.25) is 5.91 Å². The average molecular weight is 325 g/mol. The van der Waals surface area contributed by atoms with Crippen LogP contribution in [0.4, 0.5) is 0 Å². The van der Waals surface area contributed by atoms with E-state index in [-0.39, 0.29) is 17.7 Å². The van der Waals surface area contributed by atoms with Crippen molar-refractivity contribution in [3.63, 3.8) is 0 Å². The molecule has 3 heterocycles. The summed E-state index contributed by atoms with van der Waals surface area (Å²) in [6, 6.07) is 7.81. The van der Waals surface area contributed by atoms with Gasteiger partial charge in [-0.25, -0.2) is 0 Å². The van der Waals surface area contributed by atoms with Gasteiger partial charge in [-0.15, -0.1) is 0 Å². The highest BCUT2D eigenvalue weighted by atomic mass is 16.2. The van der Waals surface area contributed by atoms with E-state index in [0.717, 1.165) is 42.8 Å². The van der Waals surface area contributed by atoms with Gasteiger partial charge < -0.3 is 14.8 Å². The number of benzene rings is 1. The lowest BCUT2D eigenvalue weighted by Gasteiger charge is -2.42. The molecule has 0 spiro atoms. The molecule has 5 nitrogen and oxygen atoms in total. The van der Waals surface area contributed by atoms with Crippen molar-refractivity contribution in [3.05, 3.63) is 36.0 Å². The fourth-order valence-electron chi connectivity index (χ4n) is 3.71. The first-order valence-corrected chi connectivity index (χ1v) is 8.77. The largest absolute Gasteiger partial charge is 0.360 e. The molecule has 24 heavy (non-hydrogen) atoms. The number of nitrogens with one attached hydrogen (secondary N) is 1. The van der Waals surface area contributed by atoms with E-state index in [4.69, 9.17) is 0 Å². The average Bonchev–Trinajstić information content (AvgIpc) is 2.98. The molecular formula is C19H23N3O2. The second kappa shape index (κ2) is 5.96. The lowest BCUT2D eigenvalue weighted by atomic mass is 9.94. The predicted octanol–water partition coefficient (Wildman–Crippen LogP) is 2.50. The minimum Gasteiger partial charge on any atom is -0.360 e. The molecule has 126 valence electrons. The number of aromatic nitrogens is 1. The molecule has 2 fully saturated rings. The number of carbonyl (C=O) groups is 2. The van der Waals surface area contributed by atoms with Crippen LogP contribution in [0.15, 0.2) is 30.5 Å². The molecule has 0 saturated carbocycles. The highest BCUT2D eigenvalue weighted by Crippen LogP contribution is 2.26. The molecule has 0 radical (unpaired) electrons. The van der Waals surface area contributed by atoms with Gasteiger partial charge in [-0.05, 0) is 24.8 Å². The van der Waals surface area contributed by atoms with E-state index in [9.17, 15) is 9.59 Å². The second-order valence-corrected chi connectivity index (χ2v) is 7.16. The normalized spacial score (nSPS) is 19.5. The third kappa shape index (κ3) is 2.58. The summed E-state index contributed by atoms with van der Waals surface area (Å²) in [5.41, 5.74) is 1.67. The fourth-order valence-corrected chi connectivity index (χ4v) is 3.71. The Bertz CT molecular complexity index is 768. The van der Waals surface area contributed by atoms with Gasteiger partial charge in [-0.1, -0.05) is 25.1 Å². The topological polar surface area (TPSA) is 56.4 Å². The molecule has 0 aliphatic carbocycles. The summed E-state index contributed by atoms with van der Waals surface area (Å²) in [6.07, 6.45) is 3.96. The lowest BCUT2D eigenvalue weighted by molar-refractivity contribution is -0.141. The maximum absolute atomic E-state index is 12.7. The van der Waals surface area contributed by atoms with Crippen molar-refractivity contribution in [2.24, 2.45) is 11.8 Å². The molecule has 2 aromatic rings. The number of fused-ring (bicyclic) bond motifs is 1. The molecule has 0 unspecified atom stereocenters. The lowest BCUT2D eigenvalue weighted by Crippen LogP contribution is -2.57. The van der Waals surface area contributed by atoms with Crippen LogP contribution in [0.2, 0.25) is 0 Å². The molecular weight excluding hydrogens is 302 g/mol. The smallest absolute Gasteiger partial charge is 0.256 e. The summed E-state index contributed by atoms with van der Waals surface area (Å²) in [6.45, 7) is 5.07. The first-order chi connectivity index (χ1) is 11.6. The molecule has 0 atom stereocenters. The number of rotatable bonds is 2. The van der Waals surface area contributed by atoms with Crippen molar-refractivity contribution in [2.45, 2.75) is 19.8 Å². The van der Waals surface area contributed by atoms with Crippen LogP contribution in [-0.2, 0) is 4.79 Å². The van der Waals surface area contributed by atoms with Gasteiger partial charge >= 0.3 is 0 Å². The number of aromatic amines is 1. The minimum absolute atomic E-state index is 0.0174. The quantitative estimate of drug-likeness (QED) is 0.922. The van der Waals surface area contributed by atoms with Crippen molar-refractivity contribution in [1.82, 2.24) is 14.8 Å². The summed E-state index contributed by atoms with van der Waals surface area (Å²) < 4.78 is 0. The maximum Gasteiger partial charge on any atom is 0.256 e.